The number of likely N-dealkylation sites (tertiary alicyclic amines) is 1. The van der Waals surface area contributed by atoms with Crippen molar-refractivity contribution in [2.45, 2.75) is 44.8 Å². The number of hydrogen-bond acceptors (Lipinski definition) is 3. The van der Waals surface area contributed by atoms with Crippen LogP contribution in [-0.2, 0) is 9.47 Å². The number of methoxy groups -OCH3 is 1. The first-order valence-electron chi connectivity index (χ1n) is 5.91. The van der Waals surface area contributed by atoms with Gasteiger partial charge in [0.25, 0.3) is 0 Å². The highest BCUT2D eigenvalue weighted by Crippen LogP contribution is 2.28. The minimum atomic E-state index is -0.428. The second-order valence-electron chi connectivity index (χ2n) is 5.49. The topological polar surface area (TPSA) is 38.8 Å². The Morgan fingerprint density at radius 2 is 1.88 bits per heavy atom. The molecule has 0 aromatic heterocycles. The SMILES string of the molecule is COC1(CBr)CCN(C(=O)OC(C)(C)C)CC1. The Bertz CT molecular complexity index is 261. The van der Waals surface area contributed by atoms with E-state index in [1.165, 1.54) is 0 Å². The fourth-order valence-electron chi connectivity index (χ4n) is 1.82. The molecule has 100 valence electrons. The van der Waals surface area contributed by atoms with Gasteiger partial charge in [0.2, 0.25) is 0 Å². The van der Waals surface area contributed by atoms with Crippen LogP contribution in [0.25, 0.3) is 0 Å². The summed E-state index contributed by atoms with van der Waals surface area (Å²) in [4.78, 5) is 13.6. The normalized spacial score (nSPS) is 20.2. The van der Waals surface area contributed by atoms with Gasteiger partial charge in [-0.2, -0.15) is 0 Å². The summed E-state index contributed by atoms with van der Waals surface area (Å²) in [5.41, 5.74) is -0.555. The van der Waals surface area contributed by atoms with Crippen LogP contribution in [0.5, 0.6) is 0 Å². The quantitative estimate of drug-likeness (QED) is 0.736. The molecule has 1 aliphatic heterocycles. The molecule has 0 spiro atoms. The maximum Gasteiger partial charge on any atom is 0.410 e. The summed E-state index contributed by atoms with van der Waals surface area (Å²) in [6.45, 7) is 7.02. The molecule has 0 bridgehead atoms. The first kappa shape index (κ1) is 14.8. The fraction of sp³-hybridized carbons (Fsp3) is 0.917. The van der Waals surface area contributed by atoms with E-state index in [1.54, 1.807) is 12.0 Å². The Balaban J connectivity index is 2.49. The summed E-state index contributed by atoms with van der Waals surface area (Å²) in [5.74, 6) is 0. The zero-order valence-corrected chi connectivity index (χ0v) is 12.7. The van der Waals surface area contributed by atoms with Crippen molar-refractivity contribution in [1.82, 2.24) is 4.90 Å². The highest BCUT2D eigenvalue weighted by molar-refractivity contribution is 9.09. The van der Waals surface area contributed by atoms with Crippen LogP contribution in [0.4, 0.5) is 4.79 Å². The number of alkyl halides is 1. The van der Waals surface area contributed by atoms with Crippen molar-refractivity contribution in [3.8, 4) is 0 Å². The van der Waals surface area contributed by atoms with E-state index in [1.807, 2.05) is 20.8 Å². The molecule has 0 unspecified atom stereocenters. The van der Waals surface area contributed by atoms with Crippen LogP contribution in [0, 0.1) is 0 Å². The van der Waals surface area contributed by atoms with E-state index in [4.69, 9.17) is 9.47 Å². The van der Waals surface area contributed by atoms with Crippen molar-refractivity contribution in [3.05, 3.63) is 0 Å². The Morgan fingerprint density at radius 3 is 2.24 bits per heavy atom. The Labute approximate surface area is 112 Å². The molecule has 0 aromatic rings. The smallest absolute Gasteiger partial charge is 0.410 e. The third-order valence-corrected chi connectivity index (χ3v) is 4.02. The second-order valence-corrected chi connectivity index (χ2v) is 6.05. The van der Waals surface area contributed by atoms with Crippen molar-refractivity contribution in [1.29, 1.82) is 0 Å². The number of rotatable bonds is 2. The Kier molecular flexibility index (Phi) is 4.84. The summed E-state index contributed by atoms with van der Waals surface area (Å²) >= 11 is 3.47. The van der Waals surface area contributed by atoms with E-state index >= 15 is 0 Å². The van der Waals surface area contributed by atoms with Crippen LogP contribution < -0.4 is 0 Å². The van der Waals surface area contributed by atoms with Crippen LogP contribution >= 0.6 is 15.9 Å². The monoisotopic (exact) mass is 307 g/mol. The van der Waals surface area contributed by atoms with Crippen LogP contribution in [0.3, 0.4) is 0 Å². The summed E-state index contributed by atoms with van der Waals surface area (Å²) in [6, 6.07) is 0. The van der Waals surface area contributed by atoms with Crippen LogP contribution in [0.2, 0.25) is 0 Å². The predicted octanol–water partition coefficient (Wildman–Crippen LogP) is 2.80. The Morgan fingerprint density at radius 1 is 1.35 bits per heavy atom. The van der Waals surface area contributed by atoms with Crippen molar-refractivity contribution in [3.63, 3.8) is 0 Å². The van der Waals surface area contributed by atoms with Gasteiger partial charge in [-0.15, -0.1) is 0 Å². The van der Waals surface area contributed by atoms with E-state index in [0.717, 1.165) is 18.2 Å². The first-order chi connectivity index (χ1) is 7.82. The van der Waals surface area contributed by atoms with Gasteiger partial charge in [0, 0.05) is 25.5 Å². The molecule has 1 fully saturated rings. The lowest BCUT2D eigenvalue weighted by molar-refractivity contribution is -0.0440. The van der Waals surface area contributed by atoms with Crippen LogP contribution in [0.1, 0.15) is 33.6 Å². The third kappa shape index (κ3) is 4.14. The number of carbonyl (C=O) groups excluding carboxylic acids is 1. The van der Waals surface area contributed by atoms with Gasteiger partial charge in [-0.1, -0.05) is 15.9 Å². The van der Waals surface area contributed by atoms with Crippen molar-refractivity contribution in [2.24, 2.45) is 0 Å². The summed E-state index contributed by atoms with van der Waals surface area (Å²) in [5, 5.41) is 0.804. The second kappa shape index (κ2) is 5.57. The highest BCUT2D eigenvalue weighted by atomic mass is 79.9. The molecule has 0 saturated carbocycles. The van der Waals surface area contributed by atoms with Crippen molar-refractivity contribution in [2.75, 3.05) is 25.5 Å². The molecule has 0 aromatic carbocycles. The lowest BCUT2D eigenvalue weighted by Crippen LogP contribution is -2.49. The van der Waals surface area contributed by atoms with Gasteiger partial charge in [0.15, 0.2) is 0 Å². The molecular weight excluding hydrogens is 286 g/mol. The van der Waals surface area contributed by atoms with Crippen molar-refractivity contribution < 1.29 is 14.3 Å². The predicted molar refractivity (Wildman–Crippen MR) is 70.6 cm³/mol. The third-order valence-electron chi connectivity index (χ3n) is 3.00. The lowest BCUT2D eigenvalue weighted by atomic mass is 9.93. The molecule has 0 radical (unpaired) electrons. The average Bonchev–Trinajstić information content (AvgIpc) is 2.27. The van der Waals surface area contributed by atoms with Crippen LogP contribution in [-0.4, -0.2) is 47.7 Å². The summed E-state index contributed by atoms with van der Waals surface area (Å²) < 4.78 is 10.9. The van der Waals surface area contributed by atoms with Gasteiger partial charge in [-0.05, 0) is 33.6 Å². The molecule has 1 saturated heterocycles. The molecule has 0 atom stereocenters. The average molecular weight is 308 g/mol. The number of hydrogen-bond donors (Lipinski definition) is 0. The number of nitrogens with zero attached hydrogens (tertiary/aromatic N) is 1. The number of ether oxygens (including phenoxy) is 2. The number of halogens is 1. The maximum absolute atomic E-state index is 11.9. The summed E-state index contributed by atoms with van der Waals surface area (Å²) in [6.07, 6.45) is 1.46. The van der Waals surface area contributed by atoms with Gasteiger partial charge in [0.1, 0.15) is 5.60 Å². The molecule has 1 amide bonds. The first-order valence-corrected chi connectivity index (χ1v) is 7.03. The van der Waals surface area contributed by atoms with E-state index in [2.05, 4.69) is 15.9 Å². The Hall–Kier alpha value is -0.290. The van der Waals surface area contributed by atoms with E-state index in [-0.39, 0.29) is 11.7 Å². The fourth-order valence-corrected chi connectivity index (χ4v) is 2.61. The molecule has 17 heavy (non-hydrogen) atoms. The minimum Gasteiger partial charge on any atom is -0.444 e. The van der Waals surface area contributed by atoms with E-state index in [0.29, 0.717) is 13.1 Å². The molecule has 1 heterocycles. The molecule has 4 nitrogen and oxygen atoms in total. The molecule has 5 heteroatoms. The summed E-state index contributed by atoms with van der Waals surface area (Å²) in [7, 11) is 1.73. The van der Waals surface area contributed by atoms with Crippen molar-refractivity contribution >= 4 is 22.0 Å². The van der Waals surface area contributed by atoms with Gasteiger partial charge >= 0.3 is 6.09 Å². The van der Waals surface area contributed by atoms with E-state index < -0.39 is 5.60 Å². The van der Waals surface area contributed by atoms with Crippen LogP contribution in [0.15, 0.2) is 0 Å². The highest BCUT2D eigenvalue weighted by Gasteiger charge is 2.36. The molecule has 1 aliphatic rings. The zero-order chi connectivity index (χ0) is 13.1. The lowest BCUT2D eigenvalue weighted by Gasteiger charge is -2.40. The largest absolute Gasteiger partial charge is 0.444 e. The molecule has 1 rings (SSSR count). The van der Waals surface area contributed by atoms with Gasteiger partial charge in [-0.3, -0.25) is 0 Å². The minimum absolute atomic E-state index is 0.126. The number of piperidine rings is 1. The van der Waals surface area contributed by atoms with Gasteiger partial charge in [-0.25, -0.2) is 4.79 Å². The number of amides is 1. The van der Waals surface area contributed by atoms with Gasteiger partial charge < -0.3 is 14.4 Å². The van der Waals surface area contributed by atoms with E-state index in [9.17, 15) is 4.79 Å². The molecule has 0 aliphatic carbocycles. The zero-order valence-electron chi connectivity index (χ0n) is 11.1. The maximum atomic E-state index is 11.9. The molecule has 0 N–H and O–H groups in total. The standard InChI is InChI=1S/C12H22BrNO3/c1-11(2,3)17-10(15)14-7-5-12(9-13,16-4)6-8-14/h5-9H2,1-4H3. The number of carbonyl (C=O) groups is 1. The van der Waals surface area contributed by atoms with Gasteiger partial charge in [0.05, 0.1) is 5.60 Å². The molecular formula is C12H22BrNO3.